The van der Waals surface area contributed by atoms with Crippen LogP contribution in [0.2, 0.25) is 0 Å². The van der Waals surface area contributed by atoms with E-state index in [9.17, 15) is 13.2 Å². The molecule has 2 aliphatic rings. The lowest BCUT2D eigenvalue weighted by Crippen LogP contribution is -2.52. The molecule has 2 aromatic rings. The van der Waals surface area contributed by atoms with E-state index in [0.29, 0.717) is 25.3 Å². The summed E-state index contributed by atoms with van der Waals surface area (Å²) in [5.41, 5.74) is 13.6. The van der Waals surface area contributed by atoms with Crippen molar-refractivity contribution in [1.82, 2.24) is 4.98 Å². The molecule has 10 heteroatoms. The van der Waals surface area contributed by atoms with Crippen LogP contribution in [0.4, 0.5) is 24.5 Å². The van der Waals surface area contributed by atoms with Gasteiger partial charge in [0.05, 0.1) is 30.0 Å². The summed E-state index contributed by atoms with van der Waals surface area (Å²) in [6.07, 6.45) is -1.74. The van der Waals surface area contributed by atoms with Gasteiger partial charge in [-0.25, -0.2) is 0 Å². The fourth-order valence-corrected chi connectivity index (χ4v) is 4.83. The van der Waals surface area contributed by atoms with Crippen LogP contribution in [-0.4, -0.2) is 49.6 Å². The number of nitrogens with two attached hydrogens (primary N) is 2. The Morgan fingerprint density at radius 1 is 1.07 bits per heavy atom. The molecule has 4 rings (SSSR count). The number of hydrogen-bond acceptors (Lipinski definition) is 7. The van der Waals surface area contributed by atoms with Crippen LogP contribution in [0.3, 0.4) is 0 Å². The smallest absolute Gasteiger partial charge is 0.368 e. The van der Waals surface area contributed by atoms with Crippen molar-refractivity contribution in [3.05, 3.63) is 40.8 Å². The summed E-state index contributed by atoms with van der Waals surface area (Å²) in [5.74, 6) is -1.45. The largest absolute Gasteiger partial charge is 0.393 e. The van der Waals surface area contributed by atoms with Crippen molar-refractivity contribution in [2.24, 2.45) is 17.4 Å². The third kappa shape index (κ3) is 4.50. The predicted octanol–water partition coefficient (Wildman–Crippen LogP) is 2.72. The second kappa shape index (κ2) is 8.10. The van der Waals surface area contributed by atoms with Crippen LogP contribution in [0.1, 0.15) is 17.4 Å². The Bertz CT molecular complexity index is 818. The number of aromatic nitrogens is 1. The lowest BCUT2D eigenvalue weighted by molar-refractivity contribution is -0.177. The highest BCUT2D eigenvalue weighted by Crippen LogP contribution is 2.39. The second-order valence-corrected chi connectivity index (χ2v) is 8.57. The van der Waals surface area contributed by atoms with Gasteiger partial charge in [0, 0.05) is 36.8 Å². The van der Waals surface area contributed by atoms with Crippen molar-refractivity contribution in [3.63, 3.8) is 0 Å². The Balaban J connectivity index is 1.61. The Hall–Kier alpha value is -1.88. The van der Waals surface area contributed by atoms with Crippen molar-refractivity contribution >= 4 is 22.7 Å². The van der Waals surface area contributed by atoms with Gasteiger partial charge in [-0.15, -0.1) is 11.3 Å². The number of nitrogens with zero attached hydrogens (tertiary/aromatic N) is 3. The molecule has 0 aliphatic carbocycles. The van der Waals surface area contributed by atoms with Gasteiger partial charge in [0.15, 0.2) is 0 Å². The molecule has 4 N–H and O–H groups in total. The lowest BCUT2D eigenvalue weighted by atomic mass is 9.93. The molecular weight excluding hydrogens is 403 g/mol. The number of morpholine rings is 1. The maximum Gasteiger partial charge on any atom is 0.393 e. The van der Waals surface area contributed by atoms with Gasteiger partial charge < -0.3 is 26.0 Å². The maximum absolute atomic E-state index is 13.4. The zero-order valence-electron chi connectivity index (χ0n) is 15.8. The van der Waals surface area contributed by atoms with Gasteiger partial charge in [0.2, 0.25) is 0 Å². The summed E-state index contributed by atoms with van der Waals surface area (Å²) >= 11 is 1.59. The van der Waals surface area contributed by atoms with E-state index >= 15 is 0 Å². The van der Waals surface area contributed by atoms with Gasteiger partial charge in [0.1, 0.15) is 12.3 Å². The van der Waals surface area contributed by atoms with Crippen LogP contribution in [0, 0.1) is 5.92 Å². The molecule has 0 saturated carbocycles. The van der Waals surface area contributed by atoms with E-state index in [2.05, 4.69) is 4.98 Å². The van der Waals surface area contributed by atoms with E-state index in [-0.39, 0.29) is 19.1 Å². The predicted molar refractivity (Wildman–Crippen MR) is 107 cm³/mol. The number of piperidine rings is 1. The van der Waals surface area contributed by atoms with Gasteiger partial charge in [-0.1, -0.05) is 6.07 Å². The average Bonchev–Trinajstić information content (AvgIpc) is 3.21. The summed E-state index contributed by atoms with van der Waals surface area (Å²) in [6.45, 7) is 1.24. The van der Waals surface area contributed by atoms with E-state index in [4.69, 9.17) is 16.2 Å². The standard InChI is InChI=1S/C19H24F3N5OS/c20-19(21,22)12-6-13(23)9-26(8-12)14-3-4-25-7-15(14)27-10-16(28-18(24)11-27)17-2-1-5-29-17/h1-5,7,12-13,16,18H,6,8-11,23-24H2/t12-,13+,16?,18?/m1/s1. The molecule has 0 amide bonds. The van der Waals surface area contributed by atoms with Gasteiger partial charge in [-0.2, -0.15) is 13.2 Å². The van der Waals surface area contributed by atoms with E-state index in [0.717, 1.165) is 10.6 Å². The minimum absolute atomic E-state index is 0.0523. The van der Waals surface area contributed by atoms with Crippen molar-refractivity contribution in [2.75, 3.05) is 36.0 Å². The van der Waals surface area contributed by atoms with Crippen LogP contribution < -0.4 is 21.3 Å². The number of alkyl halides is 3. The van der Waals surface area contributed by atoms with Crippen LogP contribution >= 0.6 is 11.3 Å². The summed E-state index contributed by atoms with van der Waals surface area (Å²) in [5, 5.41) is 1.98. The molecule has 4 atom stereocenters. The number of hydrogen-bond donors (Lipinski definition) is 2. The molecule has 6 nitrogen and oxygen atoms in total. The number of anilines is 2. The van der Waals surface area contributed by atoms with Crippen LogP contribution in [0.25, 0.3) is 0 Å². The van der Waals surface area contributed by atoms with Crippen LogP contribution in [0.5, 0.6) is 0 Å². The Morgan fingerprint density at radius 3 is 2.59 bits per heavy atom. The van der Waals surface area contributed by atoms with E-state index in [1.165, 1.54) is 0 Å². The average molecular weight is 427 g/mol. The monoisotopic (exact) mass is 427 g/mol. The van der Waals surface area contributed by atoms with Crippen molar-refractivity contribution in [3.8, 4) is 0 Å². The summed E-state index contributed by atoms with van der Waals surface area (Å²) in [4.78, 5) is 9.05. The molecule has 2 aliphatic heterocycles. The fourth-order valence-electron chi connectivity index (χ4n) is 4.08. The highest BCUT2D eigenvalue weighted by Gasteiger charge is 2.44. The minimum Gasteiger partial charge on any atom is -0.368 e. The Kier molecular flexibility index (Phi) is 5.69. The summed E-state index contributed by atoms with van der Waals surface area (Å²) in [6, 6.07) is 5.16. The van der Waals surface area contributed by atoms with Gasteiger partial charge in [-0.05, 0) is 23.9 Å². The molecular formula is C19H24F3N5OS. The SMILES string of the molecule is NC1CN(c2cnccc2N2C[C@@H](N)C[C@@H](C(F)(F)F)C2)CC(c2cccs2)O1. The molecule has 29 heavy (non-hydrogen) atoms. The number of halogens is 3. The molecule has 2 saturated heterocycles. The first-order chi connectivity index (χ1) is 13.8. The first-order valence-corrected chi connectivity index (χ1v) is 10.4. The molecule has 2 unspecified atom stereocenters. The van der Waals surface area contributed by atoms with Crippen molar-refractivity contribution in [1.29, 1.82) is 0 Å². The second-order valence-electron chi connectivity index (χ2n) is 7.59. The van der Waals surface area contributed by atoms with Crippen molar-refractivity contribution in [2.45, 2.75) is 31.0 Å². The lowest BCUT2D eigenvalue weighted by Gasteiger charge is -2.42. The molecule has 158 valence electrons. The van der Waals surface area contributed by atoms with Gasteiger partial charge in [-0.3, -0.25) is 4.98 Å². The van der Waals surface area contributed by atoms with Gasteiger partial charge in [0.25, 0.3) is 0 Å². The highest BCUT2D eigenvalue weighted by molar-refractivity contribution is 7.10. The fraction of sp³-hybridized carbons (Fsp3) is 0.526. The maximum atomic E-state index is 13.4. The molecule has 0 radical (unpaired) electrons. The van der Waals surface area contributed by atoms with Gasteiger partial charge >= 0.3 is 6.18 Å². The Labute approximate surface area is 171 Å². The third-order valence-electron chi connectivity index (χ3n) is 5.39. The summed E-state index contributed by atoms with van der Waals surface area (Å²) < 4.78 is 46.0. The minimum atomic E-state index is -4.27. The molecule has 0 bridgehead atoms. The van der Waals surface area contributed by atoms with E-state index in [1.807, 2.05) is 22.4 Å². The number of thiophene rings is 1. The number of rotatable bonds is 3. The van der Waals surface area contributed by atoms with Crippen LogP contribution in [-0.2, 0) is 4.74 Å². The van der Waals surface area contributed by atoms with Crippen LogP contribution in [0.15, 0.2) is 36.0 Å². The third-order valence-corrected chi connectivity index (χ3v) is 6.36. The molecule has 4 heterocycles. The Morgan fingerprint density at radius 2 is 1.86 bits per heavy atom. The zero-order valence-corrected chi connectivity index (χ0v) is 16.6. The molecule has 2 fully saturated rings. The summed E-state index contributed by atoms with van der Waals surface area (Å²) in [7, 11) is 0. The molecule has 0 aromatic carbocycles. The first kappa shape index (κ1) is 20.4. The number of pyridine rings is 1. The highest BCUT2D eigenvalue weighted by atomic mass is 32.1. The zero-order chi connectivity index (χ0) is 20.6. The quantitative estimate of drug-likeness (QED) is 0.784. The normalized spacial score (nSPS) is 28.6. The number of ether oxygens (including phenoxy) is 1. The van der Waals surface area contributed by atoms with E-state index in [1.54, 1.807) is 34.7 Å². The van der Waals surface area contributed by atoms with Crippen molar-refractivity contribution < 1.29 is 17.9 Å². The molecule has 0 spiro atoms. The molecule has 2 aromatic heterocycles. The van der Waals surface area contributed by atoms with E-state index < -0.39 is 24.4 Å². The first-order valence-electron chi connectivity index (χ1n) is 9.52. The topological polar surface area (TPSA) is 80.6 Å².